The van der Waals surface area contributed by atoms with Crippen LogP contribution in [0.5, 0.6) is 0 Å². The first-order chi connectivity index (χ1) is 10.3. The molecule has 3 heteroatoms. The summed E-state index contributed by atoms with van der Waals surface area (Å²) in [4.78, 5) is 7.25. The molecule has 1 atom stereocenters. The zero-order valence-electron chi connectivity index (χ0n) is 13.6. The number of nitrogens with zero attached hydrogens (tertiary/aromatic N) is 2. The normalized spacial score (nSPS) is 23.5. The number of nitrogens with one attached hydrogen (secondary N) is 1. The molecule has 2 aliphatic rings. The van der Waals surface area contributed by atoms with Crippen LogP contribution in [0.3, 0.4) is 0 Å². The van der Waals surface area contributed by atoms with Crippen molar-refractivity contribution in [3.8, 4) is 0 Å². The first-order valence-electron chi connectivity index (χ1n) is 8.66. The fraction of sp³-hybridized carbons (Fsp3) is 0.722. The number of rotatable bonds is 5. The molecule has 3 rings (SSSR count). The van der Waals surface area contributed by atoms with Gasteiger partial charge in [-0.1, -0.05) is 25.8 Å². The fourth-order valence-corrected chi connectivity index (χ4v) is 4.50. The number of aryl methyl sites for hydroxylation is 1. The molecule has 1 aliphatic heterocycles. The Labute approximate surface area is 129 Å². The highest BCUT2D eigenvalue weighted by Crippen LogP contribution is 2.45. The number of hydrogen-bond acceptors (Lipinski definition) is 3. The Kier molecular flexibility index (Phi) is 4.60. The predicted octanol–water partition coefficient (Wildman–Crippen LogP) is 3.45. The van der Waals surface area contributed by atoms with Crippen LogP contribution < -0.4 is 5.32 Å². The van der Waals surface area contributed by atoms with E-state index in [0.717, 1.165) is 6.54 Å². The third-order valence-electron chi connectivity index (χ3n) is 5.38. The highest BCUT2D eigenvalue weighted by molar-refractivity contribution is 5.25. The van der Waals surface area contributed by atoms with Crippen LogP contribution in [0.2, 0.25) is 0 Å². The van der Waals surface area contributed by atoms with Crippen molar-refractivity contribution in [1.29, 1.82) is 0 Å². The lowest BCUT2D eigenvalue weighted by molar-refractivity contribution is 0.0769. The number of pyridine rings is 1. The van der Waals surface area contributed by atoms with E-state index in [2.05, 4.69) is 41.3 Å². The highest BCUT2D eigenvalue weighted by Gasteiger charge is 2.46. The Balaban J connectivity index is 1.96. The van der Waals surface area contributed by atoms with Crippen molar-refractivity contribution in [1.82, 2.24) is 15.2 Å². The quantitative estimate of drug-likeness (QED) is 0.899. The van der Waals surface area contributed by atoms with E-state index in [9.17, 15) is 0 Å². The first-order valence-corrected chi connectivity index (χ1v) is 8.66. The number of hydrogen-bond donors (Lipinski definition) is 1. The first kappa shape index (κ1) is 15.0. The molecule has 1 aliphatic carbocycles. The van der Waals surface area contributed by atoms with Gasteiger partial charge in [-0.05, 0) is 63.4 Å². The van der Waals surface area contributed by atoms with E-state index in [1.807, 2.05) is 6.20 Å². The summed E-state index contributed by atoms with van der Waals surface area (Å²) >= 11 is 0. The maximum atomic E-state index is 4.46. The van der Waals surface area contributed by atoms with Gasteiger partial charge in [0.25, 0.3) is 0 Å². The molecule has 0 aromatic carbocycles. The number of likely N-dealkylation sites (N-methyl/N-ethyl adjacent to an activating group) is 1. The summed E-state index contributed by atoms with van der Waals surface area (Å²) in [7, 11) is 0. The van der Waals surface area contributed by atoms with Crippen LogP contribution in [-0.2, 0) is 0 Å². The van der Waals surface area contributed by atoms with E-state index in [1.165, 1.54) is 62.7 Å². The van der Waals surface area contributed by atoms with Gasteiger partial charge < -0.3 is 5.32 Å². The molecule has 1 aromatic rings. The van der Waals surface area contributed by atoms with Gasteiger partial charge in [-0.3, -0.25) is 9.88 Å². The minimum Gasteiger partial charge on any atom is -0.309 e. The summed E-state index contributed by atoms with van der Waals surface area (Å²) in [6.07, 6.45) is 12.2. The molecular formula is C18H29N3. The number of aromatic nitrogens is 1. The second-order valence-corrected chi connectivity index (χ2v) is 6.79. The lowest BCUT2D eigenvalue weighted by Gasteiger charge is -2.45. The van der Waals surface area contributed by atoms with Crippen molar-refractivity contribution in [3.63, 3.8) is 0 Å². The summed E-state index contributed by atoms with van der Waals surface area (Å²) in [6, 6.07) is 2.76. The zero-order valence-corrected chi connectivity index (χ0v) is 13.6. The average Bonchev–Trinajstić information content (AvgIpc) is 3.16. The monoisotopic (exact) mass is 287 g/mol. The van der Waals surface area contributed by atoms with Crippen LogP contribution in [0.4, 0.5) is 0 Å². The summed E-state index contributed by atoms with van der Waals surface area (Å²) in [5.41, 5.74) is 2.97. The van der Waals surface area contributed by atoms with Crippen LogP contribution in [0, 0.1) is 6.92 Å². The van der Waals surface area contributed by atoms with Gasteiger partial charge in [-0.25, -0.2) is 0 Å². The maximum Gasteiger partial charge on any atom is 0.0522 e. The third-order valence-corrected chi connectivity index (χ3v) is 5.38. The molecular weight excluding hydrogens is 258 g/mol. The Morgan fingerprint density at radius 2 is 1.90 bits per heavy atom. The molecule has 0 spiro atoms. The van der Waals surface area contributed by atoms with E-state index in [-0.39, 0.29) is 0 Å². The van der Waals surface area contributed by atoms with Crippen LogP contribution in [0.25, 0.3) is 0 Å². The van der Waals surface area contributed by atoms with Crippen molar-refractivity contribution >= 4 is 0 Å². The van der Waals surface area contributed by atoms with Gasteiger partial charge in [0.05, 0.1) is 6.04 Å². The molecule has 0 bridgehead atoms. The second kappa shape index (κ2) is 6.45. The molecule has 21 heavy (non-hydrogen) atoms. The molecule has 3 nitrogen and oxygen atoms in total. The van der Waals surface area contributed by atoms with Crippen LogP contribution >= 0.6 is 0 Å². The van der Waals surface area contributed by atoms with Crippen LogP contribution in [0.1, 0.15) is 62.6 Å². The molecule has 116 valence electrons. The average molecular weight is 287 g/mol. The molecule has 0 amide bonds. The lowest BCUT2D eigenvalue weighted by atomic mass is 9.82. The van der Waals surface area contributed by atoms with Crippen molar-refractivity contribution in [3.05, 3.63) is 29.6 Å². The molecule has 0 radical (unpaired) electrons. The molecule has 1 unspecified atom stereocenters. The second-order valence-electron chi connectivity index (χ2n) is 6.79. The topological polar surface area (TPSA) is 28.2 Å². The van der Waals surface area contributed by atoms with Crippen molar-refractivity contribution in [2.24, 2.45) is 0 Å². The summed E-state index contributed by atoms with van der Waals surface area (Å²) in [5, 5.41) is 3.80. The molecule has 2 fully saturated rings. The Bertz CT molecular complexity index is 459. The van der Waals surface area contributed by atoms with Gasteiger partial charge >= 0.3 is 0 Å². The van der Waals surface area contributed by atoms with Crippen LogP contribution in [0.15, 0.2) is 18.5 Å². The summed E-state index contributed by atoms with van der Waals surface area (Å²) in [5.74, 6) is 0. The van der Waals surface area contributed by atoms with E-state index in [1.54, 1.807) is 0 Å². The zero-order chi connectivity index (χ0) is 14.7. The Morgan fingerprint density at radius 3 is 2.52 bits per heavy atom. The third kappa shape index (κ3) is 2.86. The lowest BCUT2D eigenvalue weighted by Crippen LogP contribution is -2.54. The van der Waals surface area contributed by atoms with Gasteiger partial charge in [0.2, 0.25) is 0 Å². The van der Waals surface area contributed by atoms with Crippen molar-refractivity contribution in [2.45, 2.75) is 64.0 Å². The van der Waals surface area contributed by atoms with Gasteiger partial charge in [0.15, 0.2) is 0 Å². The smallest absolute Gasteiger partial charge is 0.0522 e. The van der Waals surface area contributed by atoms with E-state index < -0.39 is 0 Å². The highest BCUT2D eigenvalue weighted by atomic mass is 15.2. The SMILES string of the molecule is CCNC(c1cncc(C)c1)C1(N2CCCC2)CCCC1. The Hall–Kier alpha value is -0.930. The molecule has 1 aromatic heterocycles. The molecule has 2 heterocycles. The predicted molar refractivity (Wildman–Crippen MR) is 87.4 cm³/mol. The van der Waals surface area contributed by atoms with E-state index in [0.29, 0.717) is 11.6 Å². The van der Waals surface area contributed by atoms with Crippen molar-refractivity contribution < 1.29 is 0 Å². The van der Waals surface area contributed by atoms with Crippen molar-refractivity contribution in [2.75, 3.05) is 19.6 Å². The minimum absolute atomic E-state index is 0.321. The molecule has 1 N–H and O–H groups in total. The van der Waals surface area contributed by atoms with Gasteiger partial charge in [-0.2, -0.15) is 0 Å². The van der Waals surface area contributed by atoms with E-state index in [4.69, 9.17) is 0 Å². The summed E-state index contributed by atoms with van der Waals surface area (Å²) in [6.45, 7) is 7.95. The summed E-state index contributed by atoms with van der Waals surface area (Å²) < 4.78 is 0. The largest absolute Gasteiger partial charge is 0.309 e. The van der Waals surface area contributed by atoms with Crippen LogP contribution in [-0.4, -0.2) is 35.1 Å². The van der Waals surface area contributed by atoms with Gasteiger partial charge in [-0.15, -0.1) is 0 Å². The van der Waals surface area contributed by atoms with Gasteiger partial charge in [0, 0.05) is 17.9 Å². The standard InChI is InChI=1S/C18H29N3/c1-3-20-17(16-12-15(2)13-19-14-16)18(8-4-5-9-18)21-10-6-7-11-21/h12-14,17,20H,3-11H2,1-2H3. The fourth-order valence-electron chi connectivity index (χ4n) is 4.50. The molecule has 1 saturated heterocycles. The molecule has 1 saturated carbocycles. The van der Waals surface area contributed by atoms with Gasteiger partial charge in [0.1, 0.15) is 0 Å². The van der Waals surface area contributed by atoms with E-state index >= 15 is 0 Å². The maximum absolute atomic E-state index is 4.46. The Morgan fingerprint density at radius 1 is 1.19 bits per heavy atom. The minimum atomic E-state index is 0.321. The number of likely N-dealkylation sites (tertiary alicyclic amines) is 1.